The van der Waals surface area contributed by atoms with E-state index in [0.29, 0.717) is 0 Å². The van der Waals surface area contributed by atoms with E-state index in [1.165, 1.54) is 18.4 Å². The number of aromatic nitrogens is 1. The lowest BCUT2D eigenvalue weighted by Crippen LogP contribution is -2.33. The standard InChI is InChI=1S/C12H18N2/c1-9-5-4-8-13-11(9)14-12(2,3)10-6-7-10/h4-5,8,10H,6-7H2,1-3H3,(H,13,14). The van der Waals surface area contributed by atoms with Crippen LogP contribution in [-0.4, -0.2) is 10.5 Å². The number of pyridine rings is 1. The third kappa shape index (κ3) is 1.89. The second-order valence-corrected chi connectivity index (χ2v) is 4.79. The fraction of sp³-hybridized carbons (Fsp3) is 0.583. The maximum Gasteiger partial charge on any atom is 0.129 e. The van der Waals surface area contributed by atoms with Gasteiger partial charge >= 0.3 is 0 Å². The van der Waals surface area contributed by atoms with E-state index in [2.05, 4.69) is 37.1 Å². The maximum atomic E-state index is 4.36. The van der Waals surface area contributed by atoms with Crippen LogP contribution < -0.4 is 5.32 Å². The molecule has 0 aliphatic heterocycles. The minimum Gasteiger partial charge on any atom is -0.365 e. The minimum atomic E-state index is 0.194. The zero-order chi connectivity index (χ0) is 10.2. The Labute approximate surface area is 85.7 Å². The number of hydrogen-bond donors (Lipinski definition) is 1. The first-order valence-electron chi connectivity index (χ1n) is 5.29. The van der Waals surface area contributed by atoms with Crippen LogP contribution in [0.1, 0.15) is 32.3 Å². The van der Waals surface area contributed by atoms with Gasteiger partial charge in [0.15, 0.2) is 0 Å². The monoisotopic (exact) mass is 190 g/mol. The van der Waals surface area contributed by atoms with Crippen molar-refractivity contribution < 1.29 is 0 Å². The Morgan fingerprint density at radius 2 is 2.14 bits per heavy atom. The van der Waals surface area contributed by atoms with Gasteiger partial charge in [0.2, 0.25) is 0 Å². The molecule has 0 saturated heterocycles. The molecule has 1 fully saturated rings. The molecule has 14 heavy (non-hydrogen) atoms. The Balaban J connectivity index is 2.13. The minimum absolute atomic E-state index is 0.194. The number of nitrogens with one attached hydrogen (secondary N) is 1. The van der Waals surface area contributed by atoms with Crippen molar-refractivity contribution in [2.45, 2.75) is 39.2 Å². The van der Waals surface area contributed by atoms with Crippen LogP contribution in [0.4, 0.5) is 5.82 Å². The molecule has 0 atom stereocenters. The molecule has 1 aromatic heterocycles. The number of hydrogen-bond acceptors (Lipinski definition) is 2. The third-order valence-electron chi connectivity index (χ3n) is 3.05. The van der Waals surface area contributed by atoms with Gasteiger partial charge in [0, 0.05) is 11.7 Å². The van der Waals surface area contributed by atoms with Crippen LogP contribution in [0, 0.1) is 12.8 Å². The summed E-state index contributed by atoms with van der Waals surface area (Å²) in [6, 6.07) is 4.07. The van der Waals surface area contributed by atoms with Gasteiger partial charge in [-0.1, -0.05) is 6.07 Å². The summed E-state index contributed by atoms with van der Waals surface area (Å²) in [6.45, 7) is 6.62. The van der Waals surface area contributed by atoms with Gasteiger partial charge in [-0.2, -0.15) is 0 Å². The third-order valence-corrected chi connectivity index (χ3v) is 3.05. The van der Waals surface area contributed by atoms with Crippen LogP contribution in [0.25, 0.3) is 0 Å². The molecule has 1 aliphatic rings. The predicted molar refractivity (Wildman–Crippen MR) is 59.4 cm³/mol. The van der Waals surface area contributed by atoms with Crippen molar-refractivity contribution in [1.29, 1.82) is 0 Å². The second kappa shape index (κ2) is 3.26. The normalized spacial score (nSPS) is 16.8. The Bertz CT molecular complexity index is 327. The number of anilines is 1. The summed E-state index contributed by atoms with van der Waals surface area (Å²) in [5.41, 5.74) is 1.42. The summed E-state index contributed by atoms with van der Waals surface area (Å²) >= 11 is 0. The van der Waals surface area contributed by atoms with Gasteiger partial charge < -0.3 is 5.32 Å². The van der Waals surface area contributed by atoms with Crippen molar-refractivity contribution >= 4 is 5.82 Å². The highest BCUT2D eigenvalue weighted by Crippen LogP contribution is 2.41. The molecule has 0 aromatic carbocycles. The second-order valence-electron chi connectivity index (χ2n) is 4.79. The first kappa shape index (κ1) is 9.50. The van der Waals surface area contributed by atoms with E-state index in [0.717, 1.165) is 11.7 Å². The van der Waals surface area contributed by atoms with Crippen molar-refractivity contribution in [2.75, 3.05) is 5.32 Å². The SMILES string of the molecule is Cc1cccnc1NC(C)(C)C1CC1. The molecular weight excluding hydrogens is 172 g/mol. The fourth-order valence-corrected chi connectivity index (χ4v) is 1.83. The maximum absolute atomic E-state index is 4.36. The van der Waals surface area contributed by atoms with E-state index >= 15 is 0 Å². The topological polar surface area (TPSA) is 24.9 Å². The highest BCUT2D eigenvalue weighted by molar-refractivity contribution is 5.45. The lowest BCUT2D eigenvalue weighted by atomic mass is 9.98. The molecule has 0 spiro atoms. The van der Waals surface area contributed by atoms with Crippen molar-refractivity contribution in [3.63, 3.8) is 0 Å². The van der Waals surface area contributed by atoms with Crippen molar-refractivity contribution in [1.82, 2.24) is 4.98 Å². The summed E-state index contributed by atoms with van der Waals surface area (Å²) in [5, 5.41) is 3.54. The number of rotatable bonds is 3. The average molecular weight is 190 g/mol. The average Bonchev–Trinajstić information content (AvgIpc) is 2.91. The van der Waals surface area contributed by atoms with Crippen LogP contribution in [0.15, 0.2) is 18.3 Å². The highest BCUT2D eigenvalue weighted by atomic mass is 15.1. The largest absolute Gasteiger partial charge is 0.365 e. The first-order valence-corrected chi connectivity index (χ1v) is 5.29. The molecule has 1 N–H and O–H groups in total. The molecule has 1 saturated carbocycles. The molecule has 2 rings (SSSR count). The molecule has 1 heterocycles. The first-order chi connectivity index (χ1) is 6.59. The summed E-state index contributed by atoms with van der Waals surface area (Å²) in [5.74, 6) is 1.85. The van der Waals surface area contributed by atoms with Gasteiger partial charge in [0.1, 0.15) is 5.82 Å². The summed E-state index contributed by atoms with van der Waals surface area (Å²) in [4.78, 5) is 4.36. The van der Waals surface area contributed by atoms with Gasteiger partial charge in [-0.15, -0.1) is 0 Å². The van der Waals surface area contributed by atoms with E-state index in [4.69, 9.17) is 0 Å². The highest BCUT2D eigenvalue weighted by Gasteiger charge is 2.37. The number of aryl methyl sites for hydroxylation is 1. The molecule has 1 aromatic rings. The van der Waals surface area contributed by atoms with E-state index in [9.17, 15) is 0 Å². The van der Waals surface area contributed by atoms with Gasteiger partial charge in [-0.05, 0) is 51.2 Å². The fourth-order valence-electron chi connectivity index (χ4n) is 1.83. The van der Waals surface area contributed by atoms with Gasteiger partial charge in [0.05, 0.1) is 0 Å². The molecular formula is C12H18N2. The lowest BCUT2D eigenvalue weighted by Gasteiger charge is -2.27. The zero-order valence-corrected chi connectivity index (χ0v) is 9.17. The van der Waals surface area contributed by atoms with Gasteiger partial charge in [-0.3, -0.25) is 0 Å². The summed E-state index contributed by atoms with van der Waals surface area (Å²) in [6.07, 6.45) is 4.55. The smallest absolute Gasteiger partial charge is 0.129 e. The molecule has 0 bridgehead atoms. The quantitative estimate of drug-likeness (QED) is 0.792. The molecule has 76 valence electrons. The molecule has 0 unspecified atom stereocenters. The Morgan fingerprint density at radius 3 is 2.71 bits per heavy atom. The molecule has 2 nitrogen and oxygen atoms in total. The molecule has 0 radical (unpaired) electrons. The predicted octanol–water partition coefficient (Wildman–Crippen LogP) is 2.99. The van der Waals surface area contributed by atoms with E-state index in [-0.39, 0.29) is 5.54 Å². The van der Waals surface area contributed by atoms with E-state index in [1.807, 2.05) is 12.3 Å². The lowest BCUT2D eigenvalue weighted by molar-refractivity contribution is 0.492. The zero-order valence-electron chi connectivity index (χ0n) is 9.17. The van der Waals surface area contributed by atoms with Crippen LogP contribution in [0.3, 0.4) is 0 Å². The van der Waals surface area contributed by atoms with Crippen LogP contribution >= 0.6 is 0 Å². The summed E-state index contributed by atoms with van der Waals surface area (Å²) < 4.78 is 0. The number of nitrogens with zero attached hydrogens (tertiary/aromatic N) is 1. The van der Waals surface area contributed by atoms with Crippen LogP contribution in [0.2, 0.25) is 0 Å². The Morgan fingerprint density at radius 1 is 1.43 bits per heavy atom. The molecule has 0 amide bonds. The molecule has 2 heteroatoms. The summed E-state index contributed by atoms with van der Waals surface area (Å²) in [7, 11) is 0. The molecule has 1 aliphatic carbocycles. The van der Waals surface area contributed by atoms with E-state index < -0.39 is 0 Å². The van der Waals surface area contributed by atoms with Crippen LogP contribution in [-0.2, 0) is 0 Å². The van der Waals surface area contributed by atoms with Gasteiger partial charge in [-0.25, -0.2) is 4.98 Å². The van der Waals surface area contributed by atoms with E-state index in [1.54, 1.807) is 0 Å². The van der Waals surface area contributed by atoms with Crippen LogP contribution in [0.5, 0.6) is 0 Å². The Hall–Kier alpha value is -1.05. The van der Waals surface area contributed by atoms with Crippen molar-refractivity contribution in [2.24, 2.45) is 5.92 Å². The van der Waals surface area contributed by atoms with Crippen molar-refractivity contribution in [3.8, 4) is 0 Å². The Kier molecular flexibility index (Phi) is 2.22. The van der Waals surface area contributed by atoms with Gasteiger partial charge in [0.25, 0.3) is 0 Å². The van der Waals surface area contributed by atoms with Crippen molar-refractivity contribution in [3.05, 3.63) is 23.9 Å².